The van der Waals surface area contributed by atoms with Crippen LogP contribution in [0.4, 0.5) is 0 Å². The van der Waals surface area contributed by atoms with Crippen molar-refractivity contribution in [3.8, 4) is 0 Å². The van der Waals surface area contributed by atoms with Gasteiger partial charge >= 0.3 is 0 Å². The molecule has 0 fully saturated rings. The molecule has 0 saturated carbocycles. The van der Waals surface area contributed by atoms with E-state index in [9.17, 15) is 16.8 Å². The third kappa shape index (κ3) is 3.82. The molecule has 0 bridgehead atoms. The maximum Gasteiger partial charge on any atom is 0.261 e. The standard InChI is InChI=1S/C12H16ClNO4S2/c1-4-8-14(10(2)3)20(17,18)12-7-5-6-11(9-12)19(13,15)16/h4-7,9-10H,1,8H2,2-3H3. The van der Waals surface area contributed by atoms with Crippen molar-refractivity contribution >= 4 is 29.8 Å². The van der Waals surface area contributed by atoms with Crippen molar-refractivity contribution in [3.63, 3.8) is 0 Å². The maximum atomic E-state index is 12.5. The van der Waals surface area contributed by atoms with E-state index in [1.54, 1.807) is 13.8 Å². The Bertz CT molecular complexity index is 696. The molecule has 0 saturated heterocycles. The zero-order valence-electron chi connectivity index (χ0n) is 11.2. The molecular formula is C12H16ClNO4S2. The lowest BCUT2D eigenvalue weighted by Gasteiger charge is -2.24. The number of hydrogen-bond donors (Lipinski definition) is 0. The highest BCUT2D eigenvalue weighted by molar-refractivity contribution is 8.13. The Hall–Kier alpha value is -0.890. The van der Waals surface area contributed by atoms with Gasteiger partial charge in [0.1, 0.15) is 0 Å². The van der Waals surface area contributed by atoms with Gasteiger partial charge in [-0.1, -0.05) is 12.1 Å². The van der Waals surface area contributed by atoms with Gasteiger partial charge in [0.25, 0.3) is 9.05 Å². The molecule has 0 aromatic heterocycles. The molecule has 0 aliphatic carbocycles. The summed E-state index contributed by atoms with van der Waals surface area (Å²) < 4.78 is 48.8. The molecule has 112 valence electrons. The first kappa shape index (κ1) is 17.2. The summed E-state index contributed by atoms with van der Waals surface area (Å²) in [5.41, 5.74) is 0. The molecule has 20 heavy (non-hydrogen) atoms. The topological polar surface area (TPSA) is 71.5 Å². The van der Waals surface area contributed by atoms with Gasteiger partial charge in [0.05, 0.1) is 9.79 Å². The van der Waals surface area contributed by atoms with Gasteiger partial charge in [0.2, 0.25) is 10.0 Å². The van der Waals surface area contributed by atoms with Crippen LogP contribution < -0.4 is 0 Å². The van der Waals surface area contributed by atoms with Crippen molar-refractivity contribution < 1.29 is 16.8 Å². The third-order valence-electron chi connectivity index (χ3n) is 2.58. The second-order valence-corrected chi connectivity index (χ2v) is 8.83. The Kier molecular flexibility index (Phi) is 5.37. The van der Waals surface area contributed by atoms with Crippen LogP contribution in [0.15, 0.2) is 46.7 Å². The van der Waals surface area contributed by atoms with E-state index >= 15 is 0 Å². The second-order valence-electron chi connectivity index (χ2n) is 4.37. The van der Waals surface area contributed by atoms with Gasteiger partial charge in [0.15, 0.2) is 0 Å². The molecule has 0 spiro atoms. The molecule has 0 heterocycles. The number of nitrogens with zero attached hydrogens (tertiary/aromatic N) is 1. The summed E-state index contributed by atoms with van der Waals surface area (Å²) in [6.07, 6.45) is 1.47. The van der Waals surface area contributed by atoms with Crippen LogP contribution in [-0.2, 0) is 19.1 Å². The van der Waals surface area contributed by atoms with Gasteiger partial charge in [-0.05, 0) is 32.0 Å². The quantitative estimate of drug-likeness (QED) is 0.589. The smallest absolute Gasteiger partial charge is 0.207 e. The van der Waals surface area contributed by atoms with E-state index in [-0.39, 0.29) is 22.4 Å². The lowest BCUT2D eigenvalue weighted by atomic mass is 10.4. The Morgan fingerprint density at radius 3 is 2.25 bits per heavy atom. The highest BCUT2D eigenvalue weighted by atomic mass is 35.7. The molecule has 0 aliphatic heterocycles. The normalized spacial score (nSPS) is 12.8. The van der Waals surface area contributed by atoms with Crippen LogP contribution in [0.2, 0.25) is 0 Å². The first-order valence-electron chi connectivity index (χ1n) is 5.78. The molecule has 0 amide bonds. The molecule has 5 nitrogen and oxygen atoms in total. The Balaban J connectivity index is 3.38. The lowest BCUT2D eigenvalue weighted by molar-refractivity contribution is 0.383. The van der Waals surface area contributed by atoms with E-state index in [1.807, 2.05) is 0 Å². The minimum atomic E-state index is -3.97. The second kappa shape index (κ2) is 6.26. The summed E-state index contributed by atoms with van der Waals surface area (Å²) in [7, 11) is -2.55. The van der Waals surface area contributed by atoms with Crippen LogP contribution in [0.3, 0.4) is 0 Å². The molecule has 0 atom stereocenters. The number of sulfonamides is 1. The highest BCUT2D eigenvalue weighted by Crippen LogP contribution is 2.23. The van der Waals surface area contributed by atoms with Crippen molar-refractivity contribution in [2.24, 2.45) is 0 Å². The predicted octanol–water partition coefficient (Wildman–Crippen LogP) is 2.20. The molecule has 1 aromatic carbocycles. The third-order valence-corrected chi connectivity index (χ3v) is 5.97. The van der Waals surface area contributed by atoms with Crippen LogP contribution in [0, 0.1) is 0 Å². The lowest BCUT2D eigenvalue weighted by Crippen LogP contribution is -2.37. The van der Waals surface area contributed by atoms with Crippen LogP contribution in [0.5, 0.6) is 0 Å². The Morgan fingerprint density at radius 2 is 1.80 bits per heavy atom. The minimum Gasteiger partial charge on any atom is -0.207 e. The van der Waals surface area contributed by atoms with E-state index in [2.05, 4.69) is 6.58 Å². The summed E-state index contributed by atoms with van der Waals surface area (Å²) >= 11 is 0. The summed E-state index contributed by atoms with van der Waals surface area (Å²) in [6.45, 7) is 7.11. The van der Waals surface area contributed by atoms with Gasteiger partial charge in [-0.2, -0.15) is 4.31 Å². The average molecular weight is 338 g/mol. The fourth-order valence-corrected chi connectivity index (χ4v) is 4.16. The van der Waals surface area contributed by atoms with Gasteiger partial charge in [-0.15, -0.1) is 6.58 Å². The summed E-state index contributed by atoms with van der Waals surface area (Å²) in [5, 5.41) is 0. The van der Waals surface area contributed by atoms with Gasteiger partial charge in [0, 0.05) is 23.3 Å². The molecule has 0 aliphatic rings. The van der Waals surface area contributed by atoms with E-state index in [1.165, 1.54) is 28.6 Å². The van der Waals surface area contributed by atoms with E-state index in [0.29, 0.717) is 0 Å². The molecular weight excluding hydrogens is 322 g/mol. The van der Waals surface area contributed by atoms with Crippen molar-refractivity contribution in [3.05, 3.63) is 36.9 Å². The molecule has 1 rings (SSSR count). The van der Waals surface area contributed by atoms with Gasteiger partial charge < -0.3 is 0 Å². The summed E-state index contributed by atoms with van der Waals surface area (Å²) in [4.78, 5) is -0.364. The first-order chi connectivity index (χ1) is 9.10. The molecule has 0 N–H and O–H groups in total. The number of hydrogen-bond acceptors (Lipinski definition) is 4. The summed E-state index contributed by atoms with van der Waals surface area (Å²) in [5.74, 6) is 0. The van der Waals surface area contributed by atoms with Crippen LogP contribution in [0.1, 0.15) is 13.8 Å². The first-order valence-corrected chi connectivity index (χ1v) is 9.53. The number of benzene rings is 1. The fourth-order valence-electron chi connectivity index (χ4n) is 1.64. The largest absolute Gasteiger partial charge is 0.261 e. The van der Waals surface area contributed by atoms with Crippen molar-refractivity contribution in [1.29, 1.82) is 0 Å². The SMILES string of the molecule is C=CCN(C(C)C)S(=O)(=O)c1cccc(S(=O)(=O)Cl)c1. The van der Waals surface area contributed by atoms with Gasteiger partial charge in [-0.25, -0.2) is 16.8 Å². The van der Waals surface area contributed by atoms with Gasteiger partial charge in [-0.3, -0.25) is 0 Å². The van der Waals surface area contributed by atoms with E-state index in [0.717, 1.165) is 6.07 Å². The number of halogens is 1. The van der Waals surface area contributed by atoms with Crippen LogP contribution >= 0.6 is 10.7 Å². The van der Waals surface area contributed by atoms with E-state index in [4.69, 9.17) is 10.7 Å². The minimum absolute atomic E-state index is 0.116. The monoisotopic (exact) mass is 337 g/mol. The summed E-state index contributed by atoms with van der Waals surface area (Å²) in [6, 6.07) is 4.69. The maximum absolute atomic E-state index is 12.5. The molecule has 1 aromatic rings. The van der Waals surface area contributed by atoms with Crippen molar-refractivity contribution in [2.75, 3.05) is 6.54 Å². The van der Waals surface area contributed by atoms with E-state index < -0.39 is 19.1 Å². The molecule has 0 unspecified atom stereocenters. The Labute approximate surface area is 124 Å². The molecule has 0 radical (unpaired) electrons. The highest BCUT2D eigenvalue weighted by Gasteiger charge is 2.27. The Morgan fingerprint density at radius 1 is 1.25 bits per heavy atom. The average Bonchev–Trinajstić information content (AvgIpc) is 2.34. The van der Waals surface area contributed by atoms with Crippen LogP contribution in [0.25, 0.3) is 0 Å². The fraction of sp³-hybridized carbons (Fsp3) is 0.333. The zero-order chi connectivity index (χ0) is 15.6. The number of rotatable bonds is 6. The van der Waals surface area contributed by atoms with Crippen molar-refractivity contribution in [2.45, 2.75) is 29.7 Å². The van der Waals surface area contributed by atoms with Crippen LogP contribution in [-0.4, -0.2) is 33.7 Å². The zero-order valence-corrected chi connectivity index (χ0v) is 13.5. The molecule has 8 heteroatoms. The predicted molar refractivity (Wildman–Crippen MR) is 78.7 cm³/mol. The van der Waals surface area contributed by atoms with Crippen molar-refractivity contribution in [1.82, 2.24) is 4.31 Å².